The van der Waals surface area contributed by atoms with Gasteiger partial charge in [-0.3, -0.25) is 24.0 Å². The standard InChI is InChI=1S/C36H45ClN8O7/c1-21(2)15-27-36(50)40-22(3)34-42-33(24-9-6-5-7-10-24)43-45(34)20-30(46)38-11-8-12-44(19-31(47)39-23(4)35(49)41-27)32(48)17-25-16-28-29(18-26(25)37)52-14-13-51-28/h5-7,9-10,16,18,21-23,27H,8,11-15,17,19-20H2,1-4H3,(H,38,46)(H,39,47)(H,40,50)(H,41,49)/t22-,23+,27+/m0/s1. The highest BCUT2D eigenvalue weighted by molar-refractivity contribution is 6.31. The van der Waals surface area contributed by atoms with Gasteiger partial charge in [-0.1, -0.05) is 55.8 Å². The van der Waals surface area contributed by atoms with Crippen molar-refractivity contribution >= 4 is 41.1 Å². The van der Waals surface area contributed by atoms with E-state index in [4.69, 9.17) is 21.1 Å². The normalized spacial score (nSPS) is 20.7. The molecule has 4 N–H and O–H groups in total. The number of benzene rings is 2. The third kappa shape index (κ3) is 9.99. The fourth-order valence-electron chi connectivity index (χ4n) is 5.90. The summed E-state index contributed by atoms with van der Waals surface area (Å²) in [6.07, 6.45) is 0.507. The predicted octanol–water partition coefficient (Wildman–Crippen LogP) is 2.17. The molecule has 5 amide bonds. The monoisotopic (exact) mass is 736 g/mol. The van der Waals surface area contributed by atoms with Crippen molar-refractivity contribution in [1.82, 2.24) is 40.9 Å². The summed E-state index contributed by atoms with van der Waals surface area (Å²) in [5.41, 5.74) is 1.23. The molecule has 15 nitrogen and oxygen atoms in total. The average Bonchev–Trinajstić information content (AvgIpc) is 3.53. The molecule has 0 bridgehead atoms. The van der Waals surface area contributed by atoms with Crippen molar-refractivity contribution in [3.63, 3.8) is 0 Å². The van der Waals surface area contributed by atoms with Gasteiger partial charge in [-0.2, -0.15) is 5.10 Å². The van der Waals surface area contributed by atoms with Gasteiger partial charge in [0.2, 0.25) is 29.5 Å². The number of carbonyl (C=O) groups excluding carboxylic acids is 5. The molecule has 1 aromatic heterocycles. The molecule has 0 aliphatic carbocycles. The third-order valence-corrected chi connectivity index (χ3v) is 8.90. The van der Waals surface area contributed by atoms with Crippen LogP contribution in [0.25, 0.3) is 11.4 Å². The maximum absolute atomic E-state index is 13.7. The smallest absolute Gasteiger partial charge is 0.243 e. The number of hydrogen-bond donors (Lipinski definition) is 4. The fraction of sp³-hybridized carbons (Fsp3) is 0.472. The molecular formula is C36H45ClN8O7. The van der Waals surface area contributed by atoms with Gasteiger partial charge in [0.1, 0.15) is 37.7 Å². The Bertz CT molecular complexity index is 1780. The lowest BCUT2D eigenvalue weighted by atomic mass is 10.0. The Kier molecular flexibility index (Phi) is 12.7. The van der Waals surface area contributed by atoms with Crippen LogP contribution >= 0.6 is 11.6 Å². The number of nitrogens with one attached hydrogen (secondary N) is 4. The van der Waals surface area contributed by atoms with Crippen molar-refractivity contribution in [3.05, 3.63) is 58.9 Å². The third-order valence-electron chi connectivity index (χ3n) is 8.55. The van der Waals surface area contributed by atoms with Crippen molar-refractivity contribution in [2.75, 3.05) is 32.8 Å². The summed E-state index contributed by atoms with van der Waals surface area (Å²) in [6, 6.07) is 9.88. The van der Waals surface area contributed by atoms with Gasteiger partial charge in [0, 0.05) is 29.7 Å². The fourth-order valence-corrected chi connectivity index (χ4v) is 6.12. The Morgan fingerprint density at radius 3 is 2.35 bits per heavy atom. The van der Waals surface area contributed by atoms with Crippen LogP contribution in [0.1, 0.15) is 58.0 Å². The molecule has 0 saturated heterocycles. The molecule has 0 fully saturated rings. The van der Waals surface area contributed by atoms with E-state index in [0.29, 0.717) is 59.8 Å². The first kappa shape index (κ1) is 38.1. The van der Waals surface area contributed by atoms with Crippen molar-refractivity contribution in [2.45, 2.75) is 71.6 Å². The first-order valence-corrected chi connectivity index (χ1v) is 17.8. The first-order valence-electron chi connectivity index (χ1n) is 17.4. The van der Waals surface area contributed by atoms with E-state index >= 15 is 0 Å². The number of nitrogens with zero attached hydrogens (tertiary/aromatic N) is 4. The van der Waals surface area contributed by atoms with Gasteiger partial charge in [-0.05, 0) is 44.2 Å². The lowest BCUT2D eigenvalue weighted by Crippen LogP contribution is -2.54. The minimum Gasteiger partial charge on any atom is -0.486 e. The molecule has 2 aromatic carbocycles. The van der Waals surface area contributed by atoms with Crippen LogP contribution < -0.4 is 30.7 Å². The Balaban J connectivity index is 1.39. The van der Waals surface area contributed by atoms with E-state index in [9.17, 15) is 24.0 Å². The molecule has 52 heavy (non-hydrogen) atoms. The summed E-state index contributed by atoms with van der Waals surface area (Å²) < 4.78 is 12.7. The Morgan fingerprint density at radius 2 is 1.63 bits per heavy atom. The summed E-state index contributed by atoms with van der Waals surface area (Å²) in [6.45, 7) is 7.59. The molecule has 5 rings (SSSR count). The van der Waals surface area contributed by atoms with Crippen molar-refractivity contribution in [1.29, 1.82) is 0 Å². The maximum Gasteiger partial charge on any atom is 0.243 e. The number of carbonyl (C=O) groups is 5. The predicted molar refractivity (Wildman–Crippen MR) is 191 cm³/mol. The number of hydrogen-bond acceptors (Lipinski definition) is 9. The topological polar surface area (TPSA) is 186 Å². The molecule has 0 unspecified atom stereocenters. The van der Waals surface area contributed by atoms with Crippen molar-refractivity contribution in [2.24, 2.45) is 5.92 Å². The van der Waals surface area contributed by atoms with Gasteiger partial charge >= 0.3 is 0 Å². The molecule has 0 radical (unpaired) electrons. The average molecular weight is 737 g/mol. The molecule has 2 aliphatic rings. The van der Waals surface area contributed by atoms with Gasteiger partial charge in [0.25, 0.3) is 0 Å². The van der Waals surface area contributed by atoms with Crippen LogP contribution in [0.2, 0.25) is 5.02 Å². The van der Waals surface area contributed by atoms with Crippen LogP contribution in [0, 0.1) is 5.92 Å². The van der Waals surface area contributed by atoms with Crippen LogP contribution in [-0.4, -0.2) is 94.1 Å². The minimum atomic E-state index is -1.02. The molecule has 16 heteroatoms. The maximum atomic E-state index is 13.7. The highest BCUT2D eigenvalue weighted by Gasteiger charge is 2.29. The number of fused-ring (bicyclic) bond motifs is 2. The molecule has 3 atom stereocenters. The molecule has 3 heterocycles. The van der Waals surface area contributed by atoms with Gasteiger partial charge in [0.05, 0.1) is 19.0 Å². The summed E-state index contributed by atoms with van der Waals surface area (Å²) in [5.74, 6) is -0.622. The van der Waals surface area contributed by atoms with E-state index in [1.165, 1.54) is 16.5 Å². The zero-order valence-electron chi connectivity index (χ0n) is 29.7. The van der Waals surface area contributed by atoms with Gasteiger partial charge < -0.3 is 35.6 Å². The minimum absolute atomic E-state index is 0.0390. The number of rotatable bonds is 5. The highest BCUT2D eigenvalue weighted by atomic mass is 35.5. The van der Waals surface area contributed by atoms with Crippen LogP contribution in [-0.2, 0) is 36.9 Å². The SMILES string of the molecule is CC(C)C[C@H]1NC(=O)[C@@H](C)NC(=O)CN(C(=O)Cc2cc3c(cc2Cl)OCCO3)CCCNC(=O)Cn2nc(-c3ccccc3)nc2[C@H](C)NC1=O. The Hall–Kier alpha value is -5.18. The van der Waals surface area contributed by atoms with E-state index in [0.717, 1.165) is 5.56 Å². The summed E-state index contributed by atoms with van der Waals surface area (Å²) in [5, 5.41) is 16.1. The second kappa shape index (κ2) is 17.4. The van der Waals surface area contributed by atoms with Crippen molar-refractivity contribution < 1.29 is 33.4 Å². The summed E-state index contributed by atoms with van der Waals surface area (Å²) in [7, 11) is 0. The zero-order valence-corrected chi connectivity index (χ0v) is 30.5. The van der Waals surface area contributed by atoms with Crippen LogP contribution in [0.15, 0.2) is 42.5 Å². The van der Waals surface area contributed by atoms with Crippen LogP contribution in [0.4, 0.5) is 0 Å². The molecule has 3 aromatic rings. The Morgan fingerprint density at radius 1 is 0.923 bits per heavy atom. The van der Waals surface area contributed by atoms with Gasteiger partial charge in [-0.25, -0.2) is 9.67 Å². The number of amides is 5. The molecule has 2 aliphatic heterocycles. The second-order valence-corrected chi connectivity index (χ2v) is 13.7. The van der Waals surface area contributed by atoms with E-state index in [1.54, 1.807) is 19.1 Å². The van der Waals surface area contributed by atoms with E-state index in [-0.39, 0.29) is 44.4 Å². The van der Waals surface area contributed by atoms with Gasteiger partial charge in [0.15, 0.2) is 17.3 Å². The second-order valence-electron chi connectivity index (χ2n) is 13.3. The summed E-state index contributed by atoms with van der Waals surface area (Å²) in [4.78, 5) is 73.1. The van der Waals surface area contributed by atoms with E-state index in [1.807, 2.05) is 44.2 Å². The molecule has 278 valence electrons. The van der Waals surface area contributed by atoms with Crippen molar-refractivity contribution in [3.8, 4) is 22.9 Å². The quantitative estimate of drug-likeness (QED) is 0.305. The zero-order chi connectivity index (χ0) is 37.4. The summed E-state index contributed by atoms with van der Waals surface area (Å²) >= 11 is 6.49. The van der Waals surface area contributed by atoms with E-state index in [2.05, 4.69) is 31.3 Å². The number of aromatic nitrogens is 3. The lowest BCUT2D eigenvalue weighted by molar-refractivity contribution is -0.137. The number of halogens is 1. The molecule has 0 spiro atoms. The van der Waals surface area contributed by atoms with Crippen LogP contribution in [0.3, 0.4) is 0 Å². The van der Waals surface area contributed by atoms with Gasteiger partial charge in [-0.15, -0.1) is 0 Å². The molecular weight excluding hydrogens is 692 g/mol. The first-order chi connectivity index (χ1) is 24.9. The molecule has 0 saturated carbocycles. The lowest BCUT2D eigenvalue weighted by Gasteiger charge is -2.26. The van der Waals surface area contributed by atoms with E-state index < -0.39 is 41.8 Å². The Labute approximate surface area is 307 Å². The highest BCUT2D eigenvalue weighted by Crippen LogP contribution is 2.35. The largest absolute Gasteiger partial charge is 0.486 e. The van der Waals surface area contributed by atoms with Crippen LogP contribution in [0.5, 0.6) is 11.5 Å². The number of ether oxygens (including phenoxy) is 2.